The maximum Gasteiger partial charge on any atom is 0.228 e. The van der Waals surface area contributed by atoms with Gasteiger partial charge in [0.2, 0.25) is 5.91 Å². The molecule has 2 aliphatic rings. The van der Waals surface area contributed by atoms with Crippen LogP contribution in [0.1, 0.15) is 39.0 Å². The maximum atomic E-state index is 11.9. The molecule has 0 aromatic carbocycles. The summed E-state index contributed by atoms with van der Waals surface area (Å²) >= 11 is 0. The first kappa shape index (κ1) is 8.09. The Morgan fingerprint density at radius 1 is 1.33 bits per heavy atom. The monoisotopic (exact) mass is 167 g/mol. The molecule has 1 amide bonds. The highest BCUT2D eigenvalue weighted by Crippen LogP contribution is 2.46. The molecule has 1 spiro atoms. The van der Waals surface area contributed by atoms with Crippen LogP contribution in [0.5, 0.6) is 0 Å². The lowest BCUT2D eigenvalue weighted by Gasteiger charge is -2.21. The molecule has 1 saturated carbocycles. The number of carbonyl (C=O) groups is 1. The zero-order chi connectivity index (χ0) is 8.60. The summed E-state index contributed by atoms with van der Waals surface area (Å²) in [6.07, 6.45) is 5.97. The molecular weight excluding hydrogens is 150 g/mol. The van der Waals surface area contributed by atoms with Gasteiger partial charge < -0.3 is 4.90 Å². The van der Waals surface area contributed by atoms with Gasteiger partial charge in [-0.05, 0) is 26.2 Å². The van der Waals surface area contributed by atoms with E-state index in [9.17, 15) is 4.79 Å². The van der Waals surface area contributed by atoms with Crippen molar-refractivity contribution in [2.24, 2.45) is 5.41 Å². The van der Waals surface area contributed by atoms with Gasteiger partial charge in [-0.25, -0.2) is 0 Å². The molecule has 1 aliphatic heterocycles. The molecule has 1 aliphatic carbocycles. The van der Waals surface area contributed by atoms with Gasteiger partial charge in [-0.1, -0.05) is 12.8 Å². The molecule has 0 aromatic heterocycles. The molecule has 0 unspecified atom stereocenters. The number of likely N-dealkylation sites (tertiary alicyclic amines) is 1. The van der Waals surface area contributed by atoms with Crippen LogP contribution in [0, 0.1) is 5.41 Å². The van der Waals surface area contributed by atoms with Crippen LogP contribution in [0.15, 0.2) is 0 Å². The average Bonchev–Trinajstić information content (AvgIpc) is 2.65. The second-order valence-electron chi connectivity index (χ2n) is 4.12. The highest BCUT2D eigenvalue weighted by molar-refractivity contribution is 5.85. The number of hydrogen-bond acceptors (Lipinski definition) is 1. The summed E-state index contributed by atoms with van der Waals surface area (Å²) in [7, 11) is 0. The van der Waals surface area contributed by atoms with Gasteiger partial charge in [-0.15, -0.1) is 0 Å². The van der Waals surface area contributed by atoms with Crippen molar-refractivity contribution in [3.05, 3.63) is 0 Å². The fourth-order valence-electron chi connectivity index (χ4n) is 2.71. The zero-order valence-corrected chi connectivity index (χ0v) is 7.81. The fourth-order valence-corrected chi connectivity index (χ4v) is 2.71. The minimum absolute atomic E-state index is 0.107. The van der Waals surface area contributed by atoms with Crippen LogP contribution < -0.4 is 0 Å². The summed E-state index contributed by atoms with van der Waals surface area (Å²) in [5.41, 5.74) is 0.107. The van der Waals surface area contributed by atoms with Crippen molar-refractivity contribution in [2.45, 2.75) is 39.0 Å². The Balaban J connectivity index is 2.14. The van der Waals surface area contributed by atoms with Crippen molar-refractivity contribution >= 4 is 5.91 Å². The SMILES string of the molecule is CCN1CCC2(CCCC2)C1=O. The van der Waals surface area contributed by atoms with E-state index in [0.717, 1.165) is 32.4 Å². The topological polar surface area (TPSA) is 20.3 Å². The van der Waals surface area contributed by atoms with E-state index in [1.54, 1.807) is 0 Å². The van der Waals surface area contributed by atoms with Gasteiger partial charge in [-0.2, -0.15) is 0 Å². The first-order valence-electron chi connectivity index (χ1n) is 5.08. The summed E-state index contributed by atoms with van der Waals surface area (Å²) in [5.74, 6) is 0.447. The quantitative estimate of drug-likeness (QED) is 0.583. The van der Waals surface area contributed by atoms with E-state index in [0.29, 0.717) is 5.91 Å². The summed E-state index contributed by atoms with van der Waals surface area (Å²) in [6, 6.07) is 0. The second kappa shape index (κ2) is 2.75. The van der Waals surface area contributed by atoms with Crippen LogP contribution >= 0.6 is 0 Å². The van der Waals surface area contributed by atoms with Crippen LogP contribution in [0.25, 0.3) is 0 Å². The molecule has 1 saturated heterocycles. The number of hydrogen-bond donors (Lipinski definition) is 0. The van der Waals surface area contributed by atoms with E-state index in [1.807, 2.05) is 4.90 Å². The summed E-state index contributed by atoms with van der Waals surface area (Å²) < 4.78 is 0. The summed E-state index contributed by atoms with van der Waals surface area (Å²) in [5, 5.41) is 0. The van der Waals surface area contributed by atoms with Crippen molar-refractivity contribution in [3.8, 4) is 0 Å². The third kappa shape index (κ3) is 0.970. The van der Waals surface area contributed by atoms with Crippen LogP contribution in [0.4, 0.5) is 0 Å². The zero-order valence-electron chi connectivity index (χ0n) is 7.81. The lowest BCUT2D eigenvalue weighted by molar-refractivity contribution is -0.135. The molecule has 12 heavy (non-hydrogen) atoms. The number of rotatable bonds is 1. The predicted molar refractivity (Wildman–Crippen MR) is 47.8 cm³/mol. The second-order valence-corrected chi connectivity index (χ2v) is 4.12. The third-order valence-corrected chi connectivity index (χ3v) is 3.54. The van der Waals surface area contributed by atoms with Crippen molar-refractivity contribution in [1.82, 2.24) is 4.90 Å². The van der Waals surface area contributed by atoms with E-state index in [4.69, 9.17) is 0 Å². The molecule has 0 aromatic rings. The smallest absolute Gasteiger partial charge is 0.228 e. The standard InChI is InChI=1S/C10H17NO/c1-2-11-8-7-10(9(11)12)5-3-4-6-10/h2-8H2,1H3. The third-order valence-electron chi connectivity index (χ3n) is 3.54. The van der Waals surface area contributed by atoms with Crippen molar-refractivity contribution in [2.75, 3.05) is 13.1 Å². The van der Waals surface area contributed by atoms with Crippen molar-refractivity contribution < 1.29 is 4.79 Å². The lowest BCUT2D eigenvalue weighted by Crippen LogP contribution is -2.32. The largest absolute Gasteiger partial charge is 0.342 e. The minimum atomic E-state index is 0.107. The van der Waals surface area contributed by atoms with Crippen LogP contribution in [-0.4, -0.2) is 23.9 Å². The van der Waals surface area contributed by atoms with Crippen LogP contribution in [-0.2, 0) is 4.79 Å². The molecule has 2 rings (SSSR count). The van der Waals surface area contributed by atoms with Gasteiger partial charge in [0.25, 0.3) is 0 Å². The molecule has 2 nitrogen and oxygen atoms in total. The predicted octanol–water partition coefficient (Wildman–Crippen LogP) is 1.80. The number of nitrogens with zero attached hydrogens (tertiary/aromatic N) is 1. The van der Waals surface area contributed by atoms with E-state index >= 15 is 0 Å². The highest BCUT2D eigenvalue weighted by atomic mass is 16.2. The Bertz CT molecular complexity index is 194. The van der Waals surface area contributed by atoms with E-state index in [2.05, 4.69) is 6.92 Å². The number of carbonyl (C=O) groups excluding carboxylic acids is 1. The molecule has 2 fully saturated rings. The van der Waals surface area contributed by atoms with Crippen LogP contribution in [0.3, 0.4) is 0 Å². The van der Waals surface area contributed by atoms with Crippen molar-refractivity contribution in [1.29, 1.82) is 0 Å². The van der Waals surface area contributed by atoms with Gasteiger partial charge in [0.05, 0.1) is 5.41 Å². The first-order chi connectivity index (χ1) is 5.78. The van der Waals surface area contributed by atoms with Crippen LogP contribution in [0.2, 0.25) is 0 Å². The van der Waals surface area contributed by atoms with E-state index in [1.165, 1.54) is 12.8 Å². The minimum Gasteiger partial charge on any atom is -0.342 e. The molecule has 0 radical (unpaired) electrons. The van der Waals surface area contributed by atoms with Gasteiger partial charge in [0, 0.05) is 13.1 Å². The van der Waals surface area contributed by atoms with E-state index in [-0.39, 0.29) is 5.41 Å². The Hall–Kier alpha value is -0.530. The molecule has 0 bridgehead atoms. The van der Waals surface area contributed by atoms with E-state index < -0.39 is 0 Å². The lowest BCUT2D eigenvalue weighted by atomic mass is 9.85. The summed E-state index contributed by atoms with van der Waals surface area (Å²) in [4.78, 5) is 13.9. The molecule has 68 valence electrons. The number of amides is 1. The Labute approximate surface area is 73.9 Å². The average molecular weight is 167 g/mol. The normalized spacial score (nSPS) is 27.4. The van der Waals surface area contributed by atoms with Gasteiger partial charge in [-0.3, -0.25) is 4.79 Å². The highest BCUT2D eigenvalue weighted by Gasteiger charge is 2.47. The first-order valence-corrected chi connectivity index (χ1v) is 5.08. The molecular formula is C10H17NO. The Morgan fingerprint density at radius 2 is 2.00 bits per heavy atom. The Morgan fingerprint density at radius 3 is 2.50 bits per heavy atom. The molecule has 0 N–H and O–H groups in total. The molecule has 0 atom stereocenters. The van der Waals surface area contributed by atoms with Crippen molar-refractivity contribution in [3.63, 3.8) is 0 Å². The van der Waals surface area contributed by atoms with Gasteiger partial charge in [0.1, 0.15) is 0 Å². The molecule has 2 heteroatoms. The maximum absolute atomic E-state index is 11.9. The summed E-state index contributed by atoms with van der Waals surface area (Å²) in [6.45, 7) is 3.99. The van der Waals surface area contributed by atoms with Gasteiger partial charge in [0.15, 0.2) is 0 Å². The molecule has 1 heterocycles. The Kier molecular flexibility index (Phi) is 1.85. The fraction of sp³-hybridized carbons (Fsp3) is 0.900. The van der Waals surface area contributed by atoms with Gasteiger partial charge >= 0.3 is 0 Å².